The van der Waals surface area contributed by atoms with Gasteiger partial charge in [0.2, 0.25) is 0 Å². The molecule has 0 spiro atoms. The molecule has 1 aliphatic carbocycles. The number of hydrogen-bond acceptors (Lipinski definition) is 2. The van der Waals surface area contributed by atoms with Crippen LogP contribution in [0.25, 0.3) is 0 Å². The summed E-state index contributed by atoms with van der Waals surface area (Å²) in [6.45, 7) is 2.67. The summed E-state index contributed by atoms with van der Waals surface area (Å²) in [7, 11) is 0. The Morgan fingerprint density at radius 3 is 2.68 bits per heavy atom. The van der Waals surface area contributed by atoms with E-state index >= 15 is 0 Å². The molecule has 0 aromatic heterocycles. The smallest absolute Gasteiger partial charge is 0.255 e. The van der Waals surface area contributed by atoms with Gasteiger partial charge in [0, 0.05) is 12.6 Å². The third kappa shape index (κ3) is 3.21. The second-order valence-corrected chi connectivity index (χ2v) is 5.45. The summed E-state index contributed by atoms with van der Waals surface area (Å²) in [5.74, 6) is 0.00254. The van der Waals surface area contributed by atoms with E-state index in [4.69, 9.17) is 11.6 Å². The molecule has 0 saturated heterocycles. The standard InChI is InChI=1S/C15H20ClNO2/c1-2-17(11-6-4-3-5-7-11)15(19)13-10-12(18)8-9-14(13)16/h8-11,18H,2-7H2,1H3. The van der Waals surface area contributed by atoms with Crippen LogP contribution in [0.5, 0.6) is 5.75 Å². The Bertz CT molecular complexity index is 455. The van der Waals surface area contributed by atoms with Crippen LogP contribution < -0.4 is 0 Å². The lowest BCUT2D eigenvalue weighted by molar-refractivity contribution is 0.0647. The molecule has 0 aliphatic heterocycles. The van der Waals surface area contributed by atoms with Gasteiger partial charge in [0.1, 0.15) is 5.75 Å². The molecule has 1 aliphatic rings. The molecule has 1 saturated carbocycles. The Morgan fingerprint density at radius 1 is 1.37 bits per heavy atom. The fourth-order valence-corrected chi connectivity index (χ4v) is 2.99. The Morgan fingerprint density at radius 2 is 2.05 bits per heavy atom. The Balaban J connectivity index is 2.22. The molecule has 0 radical (unpaired) electrons. The first-order chi connectivity index (χ1) is 9.13. The van der Waals surface area contributed by atoms with Gasteiger partial charge in [-0.2, -0.15) is 0 Å². The molecule has 3 nitrogen and oxygen atoms in total. The quantitative estimate of drug-likeness (QED) is 0.914. The highest BCUT2D eigenvalue weighted by atomic mass is 35.5. The maximum absolute atomic E-state index is 12.6. The highest BCUT2D eigenvalue weighted by molar-refractivity contribution is 6.33. The Kier molecular flexibility index (Phi) is 4.70. The molecule has 0 heterocycles. The van der Waals surface area contributed by atoms with Crippen molar-refractivity contribution in [3.63, 3.8) is 0 Å². The van der Waals surface area contributed by atoms with E-state index in [-0.39, 0.29) is 11.7 Å². The number of hydrogen-bond donors (Lipinski definition) is 1. The molecule has 0 atom stereocenters. The van der Waals surface area contributed by atoms with Crippen molar-refractivity contribution in [2.75, 3.05) is 6.54 Å². The number of phenolic OH excluding ortho intramolecular Hbond substituents is 1. The Hall–Kier alpha value is -1.22. The van der Waals surface area contributed by atoms with E-state index in [1.165, 1.54) is 31.4 Å². The molecule has 4 heteroatoms. The zero-order valence-corrected chi connectivity index (χ0v) is 12.0. The van der Waals surface area contributed by atoms with Gasteiger partial charge in [-0.05, 0) is 38.0 Å². The molecule has 1 aromatic rings. The lowest BCUT2D eigenvalue weighted by atomic mass is 9.93. The van der Waals surface area contributed by atoms with Crippen molar-refractivity contribution in [1.29, 1.82) is 0 Å². The highest BCUT2D eigenvalue weighted by Gasteiger charge is 2.26. The van der Waals surface area contributed by atoms with Gasteiger partial charge in [-0.3, -0.25) is 4.79 Å². The summed E-state index contributed by atoms with van der Waals surface area (Å²) in [6.07, 6.45) is 5.76. The molecule has 1 aromatic carbocycles. The summed E-state index contributed by atoms with van der Waals surface area (Å²) < 4.78 is 0. The van der Waals surface area contributed by atoms with Crippen LogP contribution in [0.3, 0.4) is 0 Å². The predicted octanol–water partition coefficient (Wildman–Crippen LogP) is 3.84. The van der Waals surface area contributed by atoms with Crippen molar-refractivity contribution in [3.05, 3.63) is 28.8 Å². The first kappa shape index (κ1) is 14.2. The van der Waals surface area contributed by atoms with Crippen LogP contribution >= 0.6 is 11.6 Å². The van der Waals surface area contributed by atoms with E-state index in [1.807, 2.05) is 11.8 Å². The normalized spacial score (nSPS) is 16.3. The number of benzene rings is 1. The second-order valence-electron chi connectivity index (χ2n) is 5.05. The minimum absolute atomic E-state index is 0.0738. The number of carbonyl (C=O) groups excluding carboxylic acids is 1. The van der Waals surface area contributed by atoms with Gasteiger partial charge in [0.25, 0.3) is 5.91 Å². The molecule has 1 amide bonds. The van der Waals surface area contributed by atoms with Crippen LogP contribution in [0.15, 0.2) is 18.2 Å². The SMILES string of the molecule is CCN(C(=O)c1cc(O)ccc1Cl)C1CCCCC1. The van der Waals surface area contributed by atoms with Gasteiger partial charge in [-0.15, -0.1) is 0 Å². The maximum Gasteiger partial charge on any atom is 0.255 e. The van der Waals surface area contributed by atoms with Crippen LogP contribution in [0, 0.1) is 0 Å². The number of nitrogens with zero attached hydrogens (tertiary/aromatic N) is 1. The summed E-state index contributed by atoms with van der Waals surface area (Å²) in [4.78, 5) is 14.5. The third-order valence-corrected chi connectivity index (χ3v) is 4.13. The minimum atomic E-state index is -0.0738. The number of halogens is 1. The van der Waals surface area contributed by atoms with Crippen molar-refractivity contribution < 1.29 is 9.90 Å². The number of aromatic hydroxyl groups is 1. The van der Waals surface area contributed by atoms with E-state index in [0.29, 0.717) is 23.2 Å². The summed E-state index contributed by atoms with van der Waals surface area (Å²) >= 11 is 6.07. The van der Waals surface area contributed by atoms with Crippen molar-refractivity contribution in [2.45, 2.75) is 45.1 Å². The number of carbonyl (C=O) groups is 1. The van der Waals surface area contributed by atoms with E-state index in [2.05, 4.69) is 0 Å². The first-order valence-electron chi connectivity index (χ1n) is 6.93. The van der Waals surface area contributed by atoms with Gasteiger partial charge in [-0.25, -0.2) is 0 Å². The van der Waals surface area contributed by atoms with E-state index in [0.717, 1.165) is 12.8 Å². The van der Waals surface area contributed by atoms with Crippen LogP contribution in [-0.2, 0) is 0 Å². The summed E-state index contributed by atoms with van der Waals surface area (Å²) in [5.41, 5.74) is 0.397. The third-order valence-electron chi connectivity index (χ3n) is 3.80. The minimum Gasteiger partial charge on any atom is -0.508 e. The van der Waals surface area contributed by atoms with Gasteiger partial charge in [0.05, 0.1) is 10.6 Å². The van der Waals surface area contributed by atoms with E-state index < -0.39 is 0 Å². The van der Waals surface area contributed by atoms with Gasteiger partial charge in [0.15, 0.2) is 0 Å². The molecule has 0 bridgehead atoms. The van der Waals surface area contributed by atoms with Gasteiger partial charge >= 0.3 is 0 Å². The molecule has 19 heavy (non-hydrogen) atoms. The van der Waals surface area contributed by atoms with E-state index in [1.54, 1.807) is 6.07 Å². The molecule has 1 N–H and O–H groups in total. The zero-order chi connectivity index (χ0) is 13.8. The number of rotatable bonds is 3. The topological polar surface area (TPSA) is 40.5 Å². The molecule has 0 unspecified atom stereocenters. The van der Waals surface area contributed by atoms with Gasteiger partial charge < -0.3 is 10.0 Å². The fourth-order valence-electron chi connectivity index (χ4n) is 2.79. The second kappa shape index (κ2) is 6.29. The first-order valence-corrected chi connectivity index (χ1v) is 7.30. The highest BCUT2D eigenvalue weighted by Crippen LogP contribution is 2.27. The predicted molar refractivity (Wildman–Crippen MR) is 76.7 cm³/mol. The number of phenols is 1. The van der Waals surface area contributed by atoms with Gasteiger partial charge in [-0.1, -0.05) is 30.9 Å². The summed E-state index contributed by atoms with van der Waals surface area (Å²) in [6, 6.07) is 4.83. The van der Waals surface area contributed by atoms with Crippen molar-refractivity contribution in [1.82, 2.24) is 4.90 Å². The average Bonchev–Trinajstić information content (AvgIpc) is 2.43. The van der Waals surface area contributed by atoms with Crippen molar-refractivity contribution >= 4 is 17.5 Å². The molecular weight excluding hydrogens is 262 g/mol. The van der Waals surface area contributed by atoms with E-state index in [9.17, 15) is 9.90 Å². The van der Waals surface area contributed by atoms with Crippen LogP contribution in [0.4, 0.5) is 0 Å². The maximum atomic E-state index is 12.6. The van der Waals surface area contributed by atoms with Crippen LogP contribution in [0.2, 0.25) is 5.02 Å². The fraction of sp³-hybridized carbons (Fsp3) is 0.533. The zero-order valence-electron chi connectivity index (χ0n) is 11.2. The summed E-state index contributed by atoms with van der Waals surface area (Å²) in [5, 5.41) is 9.92. The lowest BCUT2D eigenvalue weighted by Gasteiger charge is -2.33. The van der Waals surface area contributed by atoms with Crippen molar-refractivity contribution in [2.24, 2.45) is 0 Å². The lowest BCUT2D eigenvalue weighted by Crippen LogP contribution is -2.41. The van der Waals surface area contributed by atoms with Crippen molar-refractivity contribution in [3.8, 4) is 5.75 Å². The monoisotopic (exact) mass is 281 g/mol. The molecule has 2 rings (SSSR count). The number of amides is 1. The van der Waals surface area contributed by atoms with Crippen LogP contribution in [0.1, 0.15) is 49.4 Å². The Labute approximate surface area is 119 Å². The average molecular weight is 282 g/mol. The molecular formula is C15H20ClNO2. The largest absolute Gasteiger partial charge is 0.508 e. The van der Waals surface area contributed by atoms with Crippen LogP contribution in [-0.4, -0.2) is 28.5 Å². The molecule has 1 fully saturated rings. The molecule has 104 valence electrons.